The summed E-state index contributed by atoms with van der Waals surface area (Å²) in [7, 11) is 0. The van der Waals surface area contributed by atoms with Crippen LogP contribution in [-0.4, -0.2) is 36.5 Å². The first kappa shape index (κ1) is 21.2. The van der Waals surface area contributed by atoms with Crippen LogP contribution in [0.25, 0.3) is 0 Å². The van der Waals surface area contributed by atoms with E-state index in [9.17, 15) is 17.6 Å². The molecule has 0 saturated carbocycles. The first-order valence-electron chi connectivity index (χ1n) is 8.78. The molecule has 1 heterocycles. The lowest BCUT2D eigenvalue weighted by Gasteiger charge is -2.23. The summed E-state index contributed by atoms with van der Waals surface area (Å²) in [6, 6.07) is 7.99. The average molecular weight is 413 g/mol. The molecule has 0 aliphatic carbocycles. The molecule has 0 aromatic heterocycles. The standard InChI is InChI=1S/C19H19F4N3O3/c1-12-10-14(26(6-8-27)7-9-28)3-5-17(12)25-24-13-2-4-15-16(11-13)19(22,23)29-18(15,20)21/h2-5,10-11,27-28H,6-9H2,1H3. The maximum absolute atomic E-state index is 13.7. The third kappa shape index (κ3) is 4.39. The molecule has 2 aromatic rings. The van der Waals surface area contributed by atoms with Crippen molar-refractivity contribution < 1.29 is 32.5 Å². The number of rotatable bonds is 7. The van der Waals surface area contributed by atoms with Crippen LogP contribution in [0.1, 0.15) is 16.7 Å². The normalized spacial score (nSPS) is 16.9. The Morgan fingerprint density at radius 3 is 2.17 bits per heavy atom. The summed E-state index contributed by atoms with van der Waals surface area (Å²) in [5.74, 6) is 0. The van der Waals surface area contributed by atoms with Crippen LogP contribution >= 0.6 is 0 Å². The molecule has 2 aromatic carbocycles. The number of aliphatic hydroxyl groups excluding tert-OH is 2. The zero-order chi connectivity index (χ0) is 21.2. The molecule has 10 heteroatoms. The quantitative estimate of drug-likeness (QED) is 0.523. The average Bonchev–Trinajstić information content (AvgIpc) is 2.84. The SMILES string of the molecule is Cc1cc(N(CCO)CCO)ccc1N=Nc1ccc2c(c1)C(F)(F)OC2(F)F. The van der Waals surface area contributed by atoms with E-state index in [-0.39, 0.29) is 18.9 Å². The summed E-state index contributed by atoms with van der Waals surface area (Å²) in [5, 5.41) is 26.1. The van der Waals surface area contributed by atoms with Crippen molar-refractivity contribution in [1.29, 1.82) is 0 Å². The number of anilines is 1. The van der Waals surface area contributed by atoms with Crippen molar-refractivity contribution in [3.8, 4) is 0 Å². The van der Waals surface area contributed by atoms with Gasteiger partial charge >= 0.3 is 12.2 Å². The van der Waals surface area contributed by atoms with Gasteiger partial charge in [0.1, 0.15) is 0 Å². The van der Waals surface area contributed by atoms with E-state index < -0.39 is 23.3 Å². The predicted molar refractivity (Wildman–Crippen MR) is 97.1 cm³/mol. The Balaban J connectivity index is 1.84. The predicted octanol–water partition coefficient (Wildman–Crippen LogP) is 4.33. The zero-order valence-electron chi connectivity index (χ0n) is 15.4. The number of aryl methyl sites for hydroxylation is 1. The first-order valence-corrected chi connectivity index (χ1v) is 8.78. The van der Waals surface area contributed by atoms with Crippen LogP contribution in [-0.2, 0) is 17.0 Å². The van der Waals surface area contributed by atoms with Gasteiger partial charge in [0.25, 0.3) is 0 Å². The zero-order valence-corrected chi connectivity index (χ0v) is 15.4. The van der Waals surface area contributed by atoms with E-state index in [2.05, 4.69) is 15.0 Å². The van der Waals surface area contributed by atoms with Gasteiger partial charge in [-0.3, -0.25) is 0 Å². The molecule has 0 unspecified atom stereocenters. The van der Waals surface area contributed by atoms with Gasteiger partial charge in [0, 0.05) is 18.8 Å². The second kappa shape index (κ2) is 8.05. The molecule has 0 amide bonds. The molecule has 0 atom stereocenters. The van der Waals surface area contributed by atoms with Crippen molar-refractivity contribution in [1.82, 2.24) is 0 Å². The highest BCUT2D eigenvalue weighted by molar-refractivity contribution is 5.58. The molecule has 156 valence electrons. The van der Waals surface area contributed by atoms with Gasteiger partial charge in [-0.2, -0.15) is 27.8 Å². The van der Waals surface area contributed by atoms with Crippen molar-refractivity contribution in [3.63, 3.8) is 0 Å². The lowest BCUT2D eigenvalue weighted by atomic mass is 10.1. The fourth-order valence-corrected chi connectivity index (χ4v) is 3.03. The van der Waals surface area contributed by atoms with Gasteiger partial charge in [0.2, 0.25) is 0 Å². The van der Waals surface area contributed by atoms with Gasteiger partial charge in [0.05, 0.1) is 35.7 Å². The summed E-state index contributed by atoms with van der Waals surface area (Å²) in [4.78, 5) is 1.79. The highest BCUT2D eigenvalue weighted by Crippen LogP contribution is 2.51. The number of hydrogen-bond donors (Lipinski definition) is 2. The molecule has 0 saturated heterocycles. The Kier molecular flexibility index (Phi) is 5.87. The van der Waals surface area contributed by atoms with Crippen LogP contribution in [0.2, 0.25) is 0 Å². The van der Waals surface area contributed by atoms with Crippen molar-refractivity contribution in [3.05, 3.63) is 53.1 Å². The van der Waals surface area contributed by atoms with Crippen LogP contribution in [0.5, 0.6) is 0 Å². The van der Waals surface area contributed by atoms with Crippen LogP contribution in [0.4, 0.5) is 34.6 Å². The molecule has 0 bridgehead atoms. The van der Waals surface area contributed by atoms with Gasteiger partial charge in [0.15, 0.2) is 0 Å². The van der Waals surface area contributed by atoms with Gasteiger partial charge in [-0.15, -0.1) is 0 Å². The Labute approximate surface area is 164 Å². The Morgan fingerprint density at radius 2 is 1.55 bits per heavy atom. The number of aliphatic hydroxyl groups is 2. The number of alkyl halides is 4. The van der Waals surface area contributed by atoms with Crippen LogP contribution in [0, 0.1) is 6.92 Å². The fraction of sp³-hybridized carbons (Fsp3) is 0.368. The van der Waals surface area contributed by atoms with Crippen LogP contribution < -0.4 is 4.90 Å². The number of hydrogen-bond acceptors (Lipinski definition) is 6. The third-order valence-electron chi connectivity index (χ3n) is 4.45. The lowest BCUT2D eigenvalue weighted by Crippen LogP contribution is -2.29. The molecule has 2 N–H and O–H groups in total. The number of fused-ring (bicyclic) bond motifs is 1. The van der Waals surface area contributed by atoms with E-state index in [0.717, 1.165) is 23.9 Å². The summed E-state index contributed by atoms with van der Waals surface area (Å²) >= 11 is 0. The van der Waals surface area contributed by atoms with Crippen LogP contribution in [0.15, 0.2) is 46.6 Å². The molecule has 0 fully saturated rings. The van der Waals surface area contributed by atoms with Gasteiger partial charge in [-0.25, -0.2) is 4.74 Å². The minimum absolute atomic E-state index is 0.0182. The largest absolute Gasteiger partial charge is 0.395 e. The summed E-state index contributed by atoms with van der Waals surface area (Å²) in [6.07, 6.45) is -8.17. The Bertz CT molecular complexity index is 916. The van der Waals surface area contributed by atoms with E-state index in [1.165, 1.54) is 0 Å². The van der Waals surface area contributed by atoms with Crippen molar-refractivity contribution in [2.75, 3.05) is 31.2 Å². The molecular weight excluding hydrogens is 394 g/mol. The first-order chi connectivity index (χ1) is 13.7. The molecule has 1 aliphatic rings. The van der Waals surface area contributed by atoms with Crippen molar-refractivity contribution in [2.45, 2.75) is 19.1 Å². The van der Waals surface area contributed by atoms with E-state index in [1.807, 2.05) is 0 Å². The van der Waals surface area contributed by atoms with E-state index in [4.69, 9.17) is 10.2 Å². The smallest absolute Gasteiger partial charge is 0.388 e. The van der Waals surface area contributed by atoms with Crippen molar-refractivity contribution in [2.24, 2.45) is 10.2 Å². The second-order valence-electron chi connectivity index (χ2n) is 6.47. The monoisotopic (exact) mass is 413 g/mol. The van der Waals surface area contributed by atoms with Gasteiger partial charge in [-0.05, 0) is 48.9 Å². The summed E-state index contributed by atoms with van der Waals surface area (Å²) in [6.45, 7) is 2.30. The van der Waals surface area contributed by atoms with E-state index >= 15 is 0 Å². The summed E-state index contributed by atoms with van der Waals surface area (Å²) < 4.78 is 57.9. The Hall–Kier alpha value is -2.56. The number of azo groups is 1. The lowest BCUT2D eigenvalue weighted by molar-refractivity contribution is -0.369. The molecular formula is C19H19F4N3O3. The molecule has 0 radical (unpaired) electrons. The Morgan fingerprint density at radius 1 is 0.897 bits per heavy atom. The third-order valence-corrected chi connectivity index (χ3v) is 4.45. The molecule has 29 heavy (non-hydrogen) atoms. The summed E-state index contributed by atoms with van der Waals surface area (Å²) in [5.41, 5.74) is 0.0880. The molecule has 0 spiro atoms. The highest BCUT2D eigenvalue weighted by Gasteiger charge is 2.57. The minimum atomic E-state index is -4.11. The maximum Gasteiger partial charge on any atom is 0.388 e. The van der Waals surface area contributed by atoms with Gasteiger partial charge < -0.3 is 15.1 Å². The fourth-order valence-electron chi connectivity index (χ4n) is 3.03. The minimum Gasteiger partial charge on any atom is -0.395 e. The second-order valence-corrected chi connectivity index (χ2v) is 6.47. The van der Waals surface area contributed by atoms with Crippen molar-refractivity contribution >= 4 is 17.1 Å². The number of ether oxygens (including phenoxy) is 1. The highest BCUT2D eigenvalue weighted by atomic mass is 19.3. The molecule has 6 nitrogen and oxygen atoms in total. The van der Waals surface area contributed by atoms with Gasteiger partial charge in [-0.1, -0.05) is 0 Å². The maximum atomic E-state index is 13.7. The van der Waals surface area contributed by atoms with E-state index in [0.29, 0.717) is 24.3 Å². The van der Waals surface area contributed by atoms with E-state index in [1.54, 1.807) is 30.0 Å². The molecule has 1 aliphatic heterocycles. The topological polar surface area (TPSA) is 77.7 Å². The number of halogens is 4. The van der Waals surface area contributed by atoms with Crippen LogP contribution in [0.3, 0.4) is 0 Å². The molecule has 3 rings (SSSR count). The number of nitrogens with zero attached hydrogens (tertiary/aromatic N) is 3. The number of benzene rings is 2.